The van der Waals surface area contributed by atoms with E-state index in [1.165, 1.54) is 17.4 Å². The first-order chi connectivity index (χ1) is 12.8. The Hall–Kier alpha value is -2.05. The molecule has 1 heterocycles. The average Bonchev–Trinajstić information content (AvgIpc) is 2.67. The predicted octanol–water partition coefficient (Wildman–Crippen LogP) is 4.04. The number of halogens is 1. The topological polar surface area (TPSA) is 57.7 Å². The van der Waals surface area contributed by atoms with Crippen LogP contribution in [0.5, 0.6) is 0 Å². The summed E-state index contributed by atoms with van der Waals surface area (Å²) in [5, 5.41) is 0.255. The molecule has 0 N–H and O–H groups in total. The second-order valence-electron chi connectivity index (χ2n) is 6.95. The summed E-state index contributed by atoms with van der Waals surface area (Å²) in [6, 6.07) is 13.0. The molecule has 1 amide bonds. The minimum absolute atomic E-state index is 0.105. The Kier molecular flexibility index (Phi) is 5.77. The van der Waals surface area contributed by atoms with Gasteiger partial charge in [0.2, 0.25) is 0 Å². The fourth-order valence-electron chi connectivity index (χ4n) is 3.31. The summed E-state index contributed by atoms with van der Waals surface area (Å²) in [6.45, 7) is 3.58. The Labute approximate surface area is 165 Å². The van der Waals surface area contributed by atoms with Crippen LogP contribution >= 0.6 is 11.6 Å². The van der Waals surface area contributed by atoms with Crippen molar-refractivity contribution in [3.63, 3.8) is 0 Å². The number of hydrogen-bond acceptors (Lipinski definition) is 3. The fourth-order valence-corrected chi connectivity index (χ4v) is 4.77. The summed E-state index contributed by atoms with van der Waals surface area (Å²) in [6.07, 6.45) is 2.11. The molecule has 0 bridgehead atoms. The number of amides is 1. The minimum atomic E-state index is -3.69. The van der Waals surface area contributed by atoms with Crippen molar-refractivity contribution in [2.24, 2.45) is 5.92 Å². The van der Waals surface area contributed by atoms with Gasteiger partial charge in [-0.05, 0) is 49.1 Å². The molecule has 0 unspecified atom stereocenters. The molecule has 0 aromatic heterocycles. The molecule has 0 spiro atoms. The standard InChI is InChI=1S/C20H23ClN2O3S/c1-15-7-6-12-23(14-15)20(24)18-11-10-16(13-19(18)21)22(2)27(25,26)17-8-4-3-5-9-17/h3-5,8-11,13,15H,6-7,12,14H2,1-2H3/t15-/m0/s1. The Morgan fingerprint density at radius 3 is 2.52 bits per heavy atom. The molecule has 2 aromatic carbocycles. The second-order valence-corrected chi connectivity index (χ2v) is 9.32. The summed E-state index contributed by atoms with van der Waals surface area (Å²) in [5.41, 5.74) is 0.812. The maximum atomic E-state index is 12.8. The van der Waals surface area contributed by atoms with Crippen LogP contribution in [0.2, 0.25) is 5.02 Å². The maximum Gasteiger partial charge on any atom is 0.264 e. The largest absolute Gasteiger partial charge is 0.338 e. The zero-order chi connectivity index (χ0) is 19.6. The van der Waals surface area contributed by atoms with E-state index in [-0.39, 0.29) is 15.8 Å². The van der Waals surface area contributed by atoms with E-state index in [2.05, 4.69) is 6.92 Å². The van der Waals surface area contributed by atoms with E-state index >= 15 is 0 Å². The highest BCUT2D eigenvalue weighted by atomic mass is 35.5. The monoisotopic (exact) mass is 406 g/mol. The Balaban J connectivity index is 1.85. The SMILES string of the molecule is C[C@H]1CCCN(C(=O)c2ccc(N(C)S(=O)(=O)c3ccccc3)cc2Cl)C1. The van der Waals surface area contributed by atoms with Crippen LogP contribution in [0, 0.1) is 5.92 Å². The molecule has 1 aliphatic heterocycles. The molecular formula is C20H23ClN2O3S. The zero-order valence-electron chi connectivity index (χ0n) is 15.4. The number of nitrogens with zero attached hydrogens (tertiary/aromatic N) is 2. The van der Waals surface area contributed by atoms with E-state index in [0.29, 0.717) is 17.2 Å². The third-order valence-electron chi connectivity index (χ3n) is 4.89. The van der Waals surface area contributed by atoms with Gasteiger partial charge in [0.05, 0.1) is 21.2 Å². The molecule has 1 aliphatic rings. The van der Waals surface area contributed by atoms with E-state index in [0.717, 1.165) is 25.9 Å². The van der Waals surface area contributed by atoms with Crippen molar-refractivity contribution in [2.45, 2.75) is 24.7 Å². The number of carbonyl (C=O) groups excluding carboxylic acids is 1. The van der Waals surface area contributed by atoms with Crippen molar-refractivity contribution in [2.75, 3.05) is 24.4 Å². The third kappa shape index (κ3) is 4.12. The van der Waals surface area contributed by atoms with Gasteiger partial charge in [0.15, 0.2) is 0 Å². The van der Waals surface area contributed by atoms with E-state index in [1.54, 1.807) is 42.5 Å². The molecule has 0 radical (unpaired) electrons. The van der Waals surface area contributed by atoms with Gasteiger partial charge >= 0.3 is 0 Å². The molecule has 5 nitrogen and oxygen atoms in total. The molecule has 1 atom stereocenters. The molecule has 1 saturated heterocycles. The summed E-state index contributed by atoms with van der Waals surface area (Å²) >= 11 is 6.35. The zero-order valence-corrected chi connectivity index (χ0v) is 17.0. The number of sulfonamides is 1. The predicted molar refractivity (Wildman–Crippen MR) is 108 cm³/mol. The van der Waals surface area contributed by atoms with Crippen LogP contribution in [-0.2, 0) is 10.0 Å². The molecule has 3 rings (SSSR count). The Morgan fingerprint density at radius 2 is 1.89 bits per heavy atom. The van der Waals surface area contributed by atoms with Crippen LogP contribution in [0.3, 0.4) is 0 Å². The summed E-state index contributed by atoms with van der Waals surface area (Å²) in [4.78, 5) is 14.8. The molecular weight excluding hydrogens is 384 g/mol. The van der Waals surface area contributed by atoms with Crippen molar-refractivity contribution >= 4 is 33.2 Å². The highest BCUT2D eigenvalue weighted by Gasteiger charge is 2.25. The first-order valence-corrected chi connectivity index (χ1v) is 10.8. The van der Waals surface area contributed by atoms with Crippen LogP contribution in [0.1, 0.15) is 30.1 Å². The number of piperidine rings is 1. The van der Waals surface area contributed by atoms with Gasteiger partial charge in [0.1, 0.15) is 0 Å². The molecule has 2 aromatic rings. The lowest BCUT2D eigenvalue weighted by Crippen LogP contribution is -2.39. The maximum absolute atomic E-state index is 12.8. The van der Waals surface area contributed by atoms with Gasteiger partial charge < -0.3 is 4.90 Å². The van der Waals surface area contributed by atoms with E-state index in [4.69, 9.17) is 11.6 Å². The van der Waals surface area contributed by atoms with Gasteiger partial charge in [-0.2, -0.15) is 0 Å². The van der Waals surface area contributed by atoms with E-state index < -0.39 is 10.0 Å². The molecule has 1 fully saturated rings. The van der Waals surface area contributed by atoms with Crippen LogP contribution in [0.4, 0.5) is 5.69 Å². The summed E-state index contributed by atoms with van der Waals surface area (Å²) in [5.74, 6) is 0.370. The van der Waals surface area contributed by atoms with Gasteiger partial charge in [0, 0.05) is 20.1 Å². The van der Waals surface area contributed by atoms with E-state index in [1.807, 2.05) is 4.90 Å². The Bertz CT molecular complexity index is 931. The minimum Gasteiger partial charge on any atom is -0.338 e. The molecule has 0 saturated carbocycles. The lowest BCUT2D eigenvalue weighted by atomic mass is 9.99. The first-order valence-electron chi connectivity index (χ1n) is 8.93. The normalized spacial score (nSPS) is 17.6. The molecule has 7 heteroatoms. The highest BCUT2D eigenvalue weighted by molar-refractivity contribution is 7.92. The number of anilines is 1. The molecule has 0 aliphatic carbocycles. The summed E-state index contributed by atoms with van der Waals surface area (Å²) in [7, 11) is -2.22. The van der Waals surface area contributed by atoms with Crippen LogP contribution < -0.4 is 4.31 Å². The van der Waals surface area contributed by atoms with E-state index in [9.17, 15) is 13.2 Å². The van der Waals surface area contributed by atoms with Gasteiger partial charge in [-0.15, -0.1) is 0 Å². The quantitative estimate of drug-likeness (QED) is 0.769. The first kappa shape index (κ1) is 19.7. The third-order valence-corrected chi connectivity index (χ3v) is 7.01. The number of likely N-dealkylation sites (tertiary alicyclic amines) is 1. The van der Waals surface area contributed by atoms with Crippen molar-refractivity contribution in [3.05, 3.63) is 59.1 Å². The molecule has 27 heavy (non-hydrogen) atoms. The van der Waals surface area contributed by atoms with Crippen LogP contribution in [-0.4, -0.2) is 39.4 Å². The van der Waals surface area contributed by atoms with Crippen molar-refractivity contribution in [1.82, 2.24) is 4.90 Å². The number of benzene rings is 2. The number of hydrogen-bond donors (Lipinski definition) is 0. The fraction of sp³-hybridized carbons (Fsp3) is 0.350. The average molecular weight is 407 g/mol. The van der Waals surface area contributed by atoms with Crippen molar-refractivity contribution in [1.29, 1.82) is 0 Å². The van der Waals surface area contributed by atoms with Crippen LogP contribution in [0.25, 0.3) is 0 Å². The lowest BCUT2D eigenvalue weighted by molar-refractivity contribution is 0.0683. The number of rotatable bonds is 4. The lowest BCUT2D eigenvalue weighted by Gasteiger charge is -2.31. The second kappa shape index (κ2) is 7.90. The number of carbonyl (C=O) groups is 1. The van der Waals surface area contributed by atoms with Gasteiger partial charge in [-0.1, -0.05) is 36.7 Å². The van der Waals surface area contributed by atoms with Crippen molar-refractivity contribution < 1.29 is 13.2 Å². The van der Waals surface area contributed by atoms with Gasteiger partial charge in [0.25, 0.3) is 15.9 Å². The van der Waals surface area contributed by atoms with Gasteiger partial charge in [-0.25, -0.2) is 8.42 Å². The molecule has 144 valence electrons. The smallest absolute Gasteiger partial charge is 0.264 e. The van der Waals surface area contributed by atoms with Crippen molar-refractivity contribution in [3.8, 4) is 0 Å². The highest BCUT2D eigenvalue weighted by Crippen LogP contribution is 2.28. The summed E-state index contributed by atoms with van der Waals surface area (Å²) < 4.78 is 26.7. The Morgan fingerprint density at radius 1 is 1.19 bits per heavy atom. The van der Waals surface area contributed by atoms with Crippen LogP contribution in [0.15, 0.2) is 53.4 Å². The van der Waals surface area contributed by atoms with Gasteiger partial charge in [-0.3, -0.25) is 9.10 Å².